The van der Waals surface area contributed by atoms with E-state index >= 15 is 0 Å². The molecular weight excluding hydrogens is 274 g/mol. The quantitative estimate of drug-likeness (QED) is 0.898. The average Bonchev–Trinajstić information content (AvgIpc) is 2.83. The van der Waals surface area contributed by atoms with Crippen LogP contribution in [-0.4, -0.2) is 19.0 Å². The van der Waals surface area contributed by atoms with E-state index in [0.29, 0.717) is 25.5 Å². The number of hydrogen-bond acceptors (Lipinski definition) is 2. The van der Waals surface area contributed by atoms with Crippen LogP contribution in [0.15, 0.2) is 12.1 Å². The van der Waals surface area contributed by atoms with E-state index in [0.717, 1.165) is 12.6 Å². The molecule has 0 aliphatic carbocycles. The minimum Gasteiger partial charge on any atom is -0.322 e. The Labute approximate surface area is 115 Å². The molecule has 0 aromatic heterocycles. The summed E-state index contributed by atoms with van der Waals surface area (Å²) in [7, 11) is 0. The summed E-state index contributed by atoms with van der Waals surface area (Å²) >= 11 is 5.76. The summed E-state index contributed by atoms with van der Waals surface area (Å²) in [4.78, 5) is 12.3. The molecule has 1 unspecified atom stereocenters. The van der Waals surface area contributed by atoms with Crippen molar-refractivity contribution >= 4 is 23.2 Å². The van der Waals surface area contributed by atoms with Gasteiger partial charge in [-0.2, -0.15) is 0 Å². The van der Waals surface area contributed by atoms with Crippen LogP contribution in [0.1, 0.15) is 19.8 Å². The lowest BCUT2D eigenvalue weighted by Crippen LogP contribution is -2.37. The fourth-order valence-electron chi connectivity index (χ4n) is 2.31. The summed E-state index contributed by atoms with van der Waals surface area (Å²) in [6, 6.07) is 1.68. The van der Waals surface area contributed by atoms with Crippen molar-refractivity contribution < 1.29 is 13.6 Å². The topological polar surface area (TPSA) is 41.1 Å². The second-order valence-corrected chi connectivity index (χ2v) is 5.17. The van der Waals surface area contributed by atoms with Crippen LogP contribution in [0.2, 0.25) is 5.02 Å². The maximum absolute atomic E-state index is 13.6. The molecule has 104 valence electrons. The highest BCUT2D eigenvalue weighted by Gasteiger charge is 2.39. The van der Waals surface area contributed by atoms with E-state index in [2.05, 4.69) is 10.6 Å². The number of amides is 1. The Hall–Kier alpha value is -1.20. The SMILES string of the molecule is CCC1(C(=O)Nc2c(F)cc(F)cc2Cl)CCNC1. The first-order chi connectivity index (χ1) is 8.98. The molecule has 1 saturated heterocycles. The molecule has 1 aromatic carbocycles. The van der Waals surface area contributed by atoms with Crippen LogP contribution in [-0.2, 0) is 4.79 Å². The molecule has 19 heavy (non-hydrogen) atoms. The van der Waals surface area contributed by atoms with Crippen LogP contribution in [0.3, 0.4) is 0 Å². The van der Waals surface area contributed by atoms with Crippen LogP contribution in [0.25, 0.3) is 0 Å². The molecule has 3 nitrogen and oxygen atoms in total. The van der Waals surface area contributed by atoms with E-state index in [1.54, 1.807) is 0 Å². The van der Waals surface area contributed by atoms with Gasteiger partial charge in [-0.1, -0.05) is 18.5 Å². The number of anilines is 1. The minimum atomic E-state index is -0.865. The lowest BCUT2D eigenvalue weighted by Gasteiger charge is -2.25. The highest BCUT2D eigenvalue weighted by Crippen LogP contribution is 2.33. The second kappa shape index (κ2) is 5.43. The maximum Gasteiger partial charge on any atom is 0.232 e. The summed E-state index contributed by atoms with van der Waals surface area (Å²) in [5.41, 5.74) is -0.711. The normalized spacial score (nSPS) is 22.5. The van der Waals surface area contributed by atoms with Gasteiger partial charge in [0.25, 0.3) is 0 Å². The molecule has 0 saturated carbocycles. The molecular formula is C13H15ClF2N2O. The van der Waals surface area contributed by atoms with Crippen LogP contribution >= 0.6 is 11.6 Å². The monoisotopic (exact) mass is 288 g/mol. The molecule has 1 amide bonds. The first-order valence-electron chi connectivity index (χ1n) is 6.15. The molecule has 1 fully saturated rings. The van der Waals surface area contributed by atoms with E-state index in [1.807, 2.05) is 6.92 Å². The number of halogens is 3. The van der Waals surface area contributed by atoms with Crippen molar-refractivity contribution in [2.75, 3.05) is 18.4 Å². The Morgan fingerprint density at radius 3 is 2.79 bits per heavy atom. The lowest BCUT2D eigenvalue weighted by molar-refractivity contribution is -0.124. The Morgan fingerprint density at radius 1 is 1.53 bits per heavy atom. The van der Waals surface area contributed by atoms with Gasteiger partial charge < -0.3 is 10.6 Å². The van der Waals surface area contributed by atoms with Gasteiger partial charge in [-0.15, -0.1) is 0 Å². The van der Waals surface area contributed by atoms with Crippen LogP contribution in [0.5, 0.6) is 0 Å². The van der Waals surface area contributed by atoms with Crippen LogP contribution in [0.4, 0.5) is 14.5 Å². The number of rotatable bonds is 3. The predicted molar refractivity (Wildman–Crippen MR) is 70.2 cm³/mol. The fraction of sp³-hybridized carbons (Fsp3) is 0.462. The van der Waals surface area contributed by atoms with Crippen molar-refractivity contribution in [2.45, 2.75) is 19.8 Å². The van der Waals surface area contributed by atoms with E-state index in [1.165, 1.54) is 0 Å². The van der Waals surface area contributed by atoms with Crippen molar-refractivity contribution in [1.29, 1.82) is 0 Å². The summed E-state index contributed by atoms with van der Waals surface area (Å²) in [5, 5.41) is 5.47. The third kappa shape index (κ3) is 2.72. The standard InChI is InChI=1S/C13H15ClF2N2O/c1-2-13(3-4-17-7-13)12(19)18-11-9(14)5-8(15)6-10(11)16/h5-6,17H,2-4,7H2,1H3,(H,18,19). The van der Waals surface area contributed by atoms with Crippen molar-refractivity contribution in [1.82, 2.24) is 5.32 Å². The molecule has 1 aliphatic rings. The zero-order valence-electron chi connectivity index (χ0n) is 10.5. The van der Waals surface area contributed by atoms with E-state index < -0.39 is 17.0 Å². The summed E-state index contributed by atoms with van der Waals surface area (Å²) < 4.78 is 26.6. The Morgan fingerprint density at radius 2 is 2.26 bits per heavy atom. The number of carbonyl (C=O) groups excluding carboxylic acids is 1. The van der Waals surface area contributed by atoms with Gasteiger partial charge >= 0.3 is 0 Å². The van der Waals surface area contributed by atoms with Gasteiger partial charge in [0.15, 0.2) is 5.82 Å². The Kier molecular flexibility index (Phi) is 4.06. The number of carbonyl (C=O) groups is 1. The van der Waals surface area contributed by atoms with Gasteiger partial charge in [0, 0.05) is 12.6 Å². The summed E-state index contributed by atoms with van der Waals surface area (Å²) in [5.74, 6) is -1.92. The van der Waals surface area contributed by atoms with Gasteiger partial charge in [0.1, 0.15) is 5.82 Å². The van der Waals surface area contributed by atoms with Crippen molar-refractivity contribution in [3.63, 3.8) is 0 Å². The Balaban J connectivity index is 2.24. The predicted octanol–water partition coefficient (Wildman–Crippen LogP) is 2.95. The van der Waals surface area contributed by atoms with Gasteiger partial charge in [-0.3, -0.25) is 4.79 Å². The zero-order chi connectivity index (χ0) is 14.0. The molecule has 6 heteroatoms. The van der Waals surface area contributed by atoms with Gasteiger partial charge in [0.2, 0.25) is 5.91 Å². The Bertz CT molecular complexity index is 478. The molecule has 1 atom stereocenters. The summed E-state index contributed by atoms with van der Waals surface area (Å²) in [6.07, 6.45) is 1.34. The highest BCUT2D eigenvalue weighted by molar-refractivity contribution is 6.33. The maximum atomic E-state index is 13.6. The zero-order valence-corrected chi connectivity index (χ0v) is 11.3. The number of benzene rings is 1. The third-order valence-electron chi connectivity index (χ3n) is 3.65. The first-order valence-corrected chi connectivity index (χ1v) is 6.53. The first kappa shape index (κ1) is 14.2. The van der Waals surface area contributed by atoms with Crippen molar-refractivity contribution in [2.24, 2.45) is 5.41 Å². The average molecular weight is 289 g/mol. The van der Waals surface area contributed by atoms with E-state index in [4.69, 9.17) is 11.6 Å². The smallest absolute Gasteiger partial charge is 0.232 e. The minimum absolute atomic E-state index is 0.136. The highest BCUT2D eigenvalue weighted by atomic mass is 35.5. The van der Waals surface area contributed by atoms with Gasteiger partial charge in [-0.05, 0) is 25.5 Å². The van der Waals surface area contributed by atoms with Crippen LogP contribution in [0, 0.1) is 17.0 Å². The van der Waals surface area contributed by atoms with Crippen LogP contribution < -0.4 is 10.6 Å². The lowest BCUT2D eigenvalue weighted by atomic mass is 9.83. The van der Waals surface area contributed by atoms with E-state index in [9.17, 15) is 13.6 Å². The third-order valence-corrected chi connectivity index (χ3v) is 3.95. The van der Waals surface area contributed by atoms with Gasteiger partial charge in [-0.25, -0.2) is 8.78 Å². The molecule has 0 radical (unpaired) electrons. The number of hydrogen-bond donors (Lipinski definition) is 2. The molecule has 2 rings (SSSR count). The molecule has 1 heterocycles. The molecule has 2 N–H and O–H groups in total. The fourth-order valence-corrected chi connectivity index (χ4v) is 2.55. The summed E-state index contributed by atoms with van der Waals surface area (Å²) in [6.45, 7) is 3.21. The van der Waals surface area contributed by atoms with Crippen molar-refractivity contribution in [3.05, 3.63) is 28.8 Å². The van der Waals surface area contributed by atoms with Gasteiger partial charge in [0.05, 0.1) is 16.1 Å². The molecule has 0 spiro atoms. The second-order valence-electron chi connectivity index (χ2n) is 4.76. The number of nitrogens with one attached hydrogen (secondary N) is 2. The molecule has 0 bridgehead atoms. The van der Waals surface area contributed by atoms with Crippen molar-refractivity contribution in [3.8, 4) is 0 Å². The molecule has 1 aliphatic heterocycles. The largest absolute Gasteiger partial charge is 0.322 e. The van der Waals surface area contributed by atoms with E-state index in [-0.39, 0.29) is 16.6 Å². The molecule has 1 aromatic rings.